The lowest BCUT2D eigenvalue weighted by molar-refractivity contribution is -0.133. The molecule has 3 N–H and O–H groups in total. The summed E-state index contributed by atoms with van der Waals surface area (Å²) in [5.74, 6) is -0.702. The topological polar surface area (TPSA) is 98.5 Å². The molecule has 1 aliphatic rings. The molecule has 2 rings (SSSR count). The first kappa shape index (κ1) is 16.6. The summed E-state index contributed by atoms with van der Waals surface area (Å²) < 4.78 is 17.4. The Labute approximate surface area is 131 Å². The number of carbonyl (C=O) groups is 2. The van der Waals surface area contributed by atoms with Gasteiger partial charge in [0.05, 0.1) is 10.8 Å². The SMILES string of the molecule is NC(=O)[C@@H](CC[S@](=O)c1ccccc1)NC(=O)[C@@H]1CCCO1. The van der Waals surface area contributed by atoms with Gasteiger partial charge in [-0.3, -0.25) is 13.8 Å². The largest absolute Gasteiger partial charge is 0.368 e. The fourth-order valence-corrected chi connectivity index (χ4v) is 3.40. The Bertz CT molecular complexity index is 544. The van der Waals surface area contributed by atoms with E-state index in [1.165, 1.54) is 0 Å². The van der Waals surface area contributed by atoms with Crippen molar-refractivity contribution >= 4 is 22.6 Å². The molecule has 1 aromatic carbocycles. The number of ether oxygens (including phenoxy) is 1. The quantitative estimate of drug-likeness (QED) is 0.755. The molecule has 1 aromatic rings. The monoisotopic (exact) mass is 324 g/mol. The predicted octanol–water partition coefficient (Wildman–Crippen LogP) is 0.333. The molecule has 0 saturated carbocycles. The van der Waals surface area contributed by atoms with Crippen molar-refractivity contribution < 1.29 is 18.5 Å². The minimum absolute atomic E-state index is 0.231. The van der Waals surface area contributed by atoms with Crippen LogP contribution in [0.1, 0.15) is 19.3 Å². The first-order chi connectivity index (χ1) is 10.6. The lowest BCUT2D eigenvalue weighted by Gasteiger charge is -2.17. The number of primary amides is 1. The minimum atomic E-state index is -1.23. The van der Waals surface area contributed by atoms with Gasteiger partial charge in [0.25, 0.3) is 0 Å². The van der Waals surface area contributed by atoms with Gasteiger partial charge < -0.3 is 15.8 Å². The van der Waals surface area contributed by atoms with Crippen LogP contribution >= 0.6 is 0 Å². The first-order valence-electron chi connectivity index (χ1n) is 7.22. The highest BCUT2D eigenvalue weighted by Crippen LogP contribution is 2.13. The zero-order valence-corrected chi connectivity index (χ0v) is 13.0. The van der Waals surface area contributed by atoms with Crippen molar-refractivity contribution in [3.8, 4) is 0 Å². The molecule has 1 heterocycles. The predicted molar refractivity (Wildman–Crippen MR) is 82.4 cm³/mol. The lowest BCUT2D eigenvalue weighted by atomic mass is 10.2. The smallest absolute Gasteiger partial charge is 0.249 e. The Morgan fingerprint density at radius 3 is 2.68 bits per heavy atom. The highest BCUT2D eigenvalue weighted by atomic mass is 32.2. The van der Waals surface area contributed by atoms with E-state index in [1.807, 2.05) is 6.07 Å². The number of nitrogens with two attached hydrogens (primary N) is 1. The first-order valence-corrected chi connectivity index (χ1v) is 8.54. The Morgan fingerprint density at radius 1 is 1.36 bits per heavy atom. The molecule has 3 atom stereocenters. The average Bonchev–Trinajstić information content (AvgIpc) is 3.06. The number of nitrogens with one attached hydrogen (secondary N) is 1. The summed E-state index contributed by atoms with van der Waals surface area (Å²) in [6.07, 6.45) is 1.20. The zero-order valence-electron chi connectivity index (χ0n) is 12.2. The number of carbonyl (C=O) groups excluding carboxylic acids is 2. The highest BCUT2D eigenvalue weighted by molar-refractivity contribution is 7.85. The van der Waals surface area contributed by atoms with Gasteiger partial charge >= 0.3 is 0 Å². The fourth-order valence-electron chi connectivity index (χ4n) is 2.25. The van der Waals surface area contributed by atoms with E-state index in [2.05, 4.69) is 5.32 Å². The second-order valence-corrected chi connectivity index (χ2v) is 6.69. The molecule has 7 heteroatoms. The third kappa shape index (κ3) is 4.64. The second-order valence-electron chi connectivity index (χ2n) is 5.12. The number of hydrogen-bond acceptors (Lipinski definition) is 4. The maximum Gasteiger partial charge on any atom is 0.249 e. The molecule has 0 aromatic heterocycles. The van der Waals surface area contributed by atoms with Crippen LogP contribution in [-0.2, 0) is 25.1 Å². The Hall–Kier alpha value is -1.73. The Balaban J connectivity index is 1.87. The van der Waals surface area contributed by atoms with Gasteiger partial charge in [-0.15, -0.1) is 0 Å². The van der Waals surface area contributed by atoms with E-state index >= 15 is 0 Å². The zero-order chi connectivity index (χ0) is 15.9. The van der Waals surface area contributed by atoms with Gasteiger partial charge in [0.1, 0.15) is 12.1 Å². The molecular formula is C15H20N2O4S. The van der Waals surface area contributed by atoms with E-state index in [9.17, 15) is 13.8 Å². The van der Waals surface area contributed by atoms with Crippen molar-refractivity contribution in [2.75, 3.05) is 12.4 Å². The number of rotatable bonds is 7. The minimum Gasteiger partial charge on any atom is -0.368 e. The molecule has 0 aliphatic carbocycles. The van der Waals surface area contributed by atoms with Crippen molar-refractivity contribution in [3.05, 3.63) is 30.3 Å². The summed E-state index contributed by atoms with van der Waals surface area (Å²) in [6.45, 7) is 0.553. The van der Waals surface area contributed by atoms with E-state index in [1.54, 1.807) is 24.3 Å². The van der Waals surface area contributed by atoms with Gasteiger partial charge in [0.2, 0.25) is 11.8 Å². The second kappa shape index (κ2) is 8.05. The van der Waals surface area contributed by atoms with Crippen LogP contribution in [0.2, 0.25) is 0 Å². The average molecular weight is 324 g/mol. The van der Waals surface area contributed by atoms with Gasteiger partial charge in [0, 0.05) is 17.3 Å². The summed E-state index contributed by atoms with van der Waals surface area (Å²) in [7, 11) is -1.23. The van der Waals surface area contributed by atoms with Crippen LogP contribution in [0.5, 0.6) is 0 Å². The van der Waals surface area contributed by atoms with Crippen molar-refractivity contribution in [1.82, 2.24) is 5.32 Å². The molecule has 120 valence electrons. The van der Waals surface area contributed by atoms with E-state index in [-0.39, 0.29) is 18.1 Å². The normalized spacial score (nSPS) is 20.3. The number of amides is 2. The van der Waals surface area contributed by atoms with Gasteiger partial charge in [0.15, 0.2) is 0 Å². The van der Waals surface area contributed by atoms with Crippen molar-refractivity contribution in [2.24, 2.45) is 5.73 Å². The van der Waals surface area contributed by atoms with Gasteiger partial charge in [-0.2, -0.15) is 0 Å². The molecule has 0 spiro atoms. The van der Waals surface area contributed by atoms with Crippen LogP contribution < -0.4 is 11.1 Å². The molecule has 1 aliphatic heterocycles. The molecule has 0 bridgehead atoms. The molecule has 1 fully saturated rings. The summed E-state index contributed by atoms with van der Waals surface area (Å²) in [5.41, 5.74) is 5.32. The fraction of sp³-hybridized carbons (Fsp3) is 0.467. The number of hydrogen-bond donors (Lipinski definition) is 2. The van der Waals surface area contributed by atoms with Crippen molar-refractivity contribution in [1.29, 1.82) is 0 Å². The molecule has 1 saturated heterocycles. The summed E-state index contributed by atoms with van der Waals surface area (Å²) >= 11 is 0. The summed E-state index contributed by atoms with van der Waals surface area (Å²) in [6, 6.07) is 8.15. The molecule has 6 nitrogen and oxygen atoms in total. The van der Waals surface area contributed by atoms with Crippen LogP contribution in [-0.4, -0.2) is 40.5 Å². The summed E-state index contributed by atoms with van der Waals surface area (Å²) in [5, 5.41) is 2.59. The third-order valence-corrected chi connectivity index (χ3v) is 4.88. The molecule has 2 amide bonds. The van der Waals surface area contributed by atoms with Crippen LogP contribution in [0.15, 0.2) is 35.2 Å². The van der Waals surface area contributed by atoms with Gasteiger partial charge in [-0.05, 0) is 31.4 Å². The van der Waals surface area contributed by atoms with E-state index in [0.29, 0.717) is 17.9 Å². The molecule has 22 heavy (non-hydrogen) atoms. The molecular weight excluding hydrogens is 304 g/mol. The molecule has 0 unspecified atom stereocenters. The van der Waals surface area contributed by atoms with Crippen LogP contribution in [0.3, 0.4) is 0 Å². The molecule has 0 radical (unpaired) electrons. The maximum atomic E-state index is 12.1. The van der Waals surface area contributed by atoms with E-state index in [4.69, 9.17) is 10.5 Å². The standard InChI is InChI=1S/C15H20N2O4S/c16-14(18)12(17-15(19)13-7-4-9-21-13)8-10-22(20)11-5-2-1-3-6-11/h1-3,5-6,12-13H,4,7-10H2,(H2,16,18)(H,17,19)/t12-,13+,22+/m1/s1. The Kier molecular flexibility index (Phi) is 6.09. The van der Waals surface area contributed by atoms with E-state index < -0.39 is 28.9 Å². The van der Waals surface area contributed by atoms with Crippen LogP contribution in [0, 0.1) is 0 Å². The van der Waals surface area contributed by atoms with Crippen LogP contribution in [0.25, 0.3) is 0 Å². The summed E-state index contributed by atoms with van der Waals surface area (Å²) in [4.78, 5) is 24.1. The third-order valence-electron chi connectivity index (χ3n) is 3.48. The highest BCUT2D eigenvalue weighted by Gasteiger charge is 2.27. The maximum absolute atomic E-state index is 12.1. The van der Waals surface area contributed by atoms with E-state index in [0.717, 1.165) is 6.42 Å². The van der Waals surface area contributed by atoms with Gasteiger partial charge in [-0.25, -0.2) is 0 Å². The Morgan fingerprint density at radius 2 is 2.09 bits per heavy atom. The lowest BCUT2D eigenvalue weighted by Crippen LogP contribution is -2.48. The van der Waals surface area contributed by atoms with Crippen molar-refractivity contribution in [2.45, 2.75) is 36.3 Å². The van der Waals surface area contributed by atoms with Gasteiger partial charge in [-0.1, -0.05) is 18.2 Å². The number of benzene rings is 1. The van der Waals surface area contributed by atoms with Crippen LogP contribution in [0.4, 0.5) is 0 Å². The van der Waals surface area contributed by atoms with Crippen molar-refractivity contribution in [3.63, 3.8) is 0 Å².